The molecule has 0 saturated carbocycles. The standard InChI is InChI=1S/C20H21FN2O3/c1-4-25-19-11-15(12-22)5-10-18(19)26-14(3)20(24)23-13(2)16-6-8-17(21)9-7-16/h5-11,13-14H,4H2,1-3H3,(H,23,24)/t13-,14+/m0/s1. The van der Waals surface area contributed by atoms with Crippen molar-refractivity contribution in [3.05, 3.63) is 59.4 Å². The number of hydrogen-bond acceptors (Lipinski definition) is 4. The number of hydrogen-bond donors (Lipinski definition) is 1. The molecule has 0 heterocycles. The van der Waals surface area contributed by atoms with Crippen molar-refractivity contribution in [1.82, 2.24) is 5.32 Å². The van der Waals surface area contributed by atoms with Gasteiger partial charge in [-0.15, -0.1) is 0 Å². The van der Waals surface area contributed by atoms with Gasteiger partial charge in [0, 0.05) is 6.07 Å². The summed E-state index contributed by atoms with van der Waals surface area (Å²) in [5.41, 5.74) is 1.24. The Morgan fingerprint density at radius 1 is 1.19 bits per heavy atom. The minimum atomic E-state index is -0.773. The minimum Gasteiger partial charge on any atom is -0.490 e. The lowest BCUT2D eigenvalue weighted by Gasteiger charge is -2.20. The van der Waals surface area contributed by atoms with E-state index >= 15 is 0 Å². The van der Waals surface area contributed by atoms with E-state index in [2.05, 4.69) is 5.32 Å². The second-order valence-electron chi connectivity index (χ2n) is 5.75. The molecule has 136 valence electrons. The number of benzene rings is 2. The molecule has 2 aromatic carbocycles. The maximum absolute atomic E-state index is 13.0. The van der Waals surface area contributed by atoms with E-state index < -0.39 is 6.10 Å². The van der Waals surface area contributed by atoms with E-state index in [4.69, 9.17) is 14.7 Å². The maximum Gasteiger partial charge on any atom is 0.261 e. The maximum atomic E-state index is 13.0. The molecule has 2 rings (SSSR count). The van der Waals surface area contributed by atoms with Crippen molar-refractivity contribution in [2.24, 2.45) is 0 Å². The number of nitriles is 1. The van der Waals surface area contributed by atoms with Crippen molar-refractivity contribution in [2.45, 2.75) is 32.9 Å². The van der Waals surface area contributed by atoms with Gasteiger partial charge in [0.1, 0.15) is 5.82 Å². The first-order chi connectivity index (χ1) is 12.4. The third-order valence-corrected chi connectivity index (χ3v) is 3.77. The highest BCUT2D eigenvalue weighted by atomic mass is 19.1. The predicted molar refractivity (Wildman–Crippen MR) is 95.4 cm³/mol. The van der Waals surface area contributed by atoms with Crippen LogP contribution in [0, 0.1) is 17.1 Å². The van der Waals surface area contributed by atoms with Crippen LogP contribution in [-0.4, -0.2) is 18.6 Å². The highest BCUT2D eigenvalue weighted by Gasteiger charge is 2.19. The summed E-state index contributed by atoms with van der Waals surface area (Å²) in [6.07, 6.45) is -0.773. The number of halogens is 1. The molecule has 5 nitrogen and oxygen atoms in total. The average molecular weight is 356 g/mol. The van der Waals surface area contributed by atoms with Crippen molar-refractivity contribution in [3.63, 3.8) is 0 Å². The Kier molecular flexibility index (Phi) is 6.56. The molecule has 0 aromatic heterocycles. The van der Waals surface area contributed by atoms with Gasteiger partial charge in [0.25, 0.3) is 5.91 Å². The van der Waals surface area contributed by atoms with Crippen molar-refractivity contribution in [1.29, 1.82) is 5.26 Å². The normalized spacial score (nSPS) is 12.6. The van der Waals surface area contributed by atoms with Crippen LogP contribution in [0.2, 0.25) is 0 Å². The molecule has 1 N–H and O–H groups in total. The number of carbonyl (C=O) groups excluding carboxylic acids is 1. The van der Waals surface area contributed by atoms with E-state index in [0.717, 1.165) is 5.56 Å². The zero-order chi connectivity index (χ0) is 19.1. The molecule has 0 aliphatic carbocycles. The van der Waals surface area contributed by atoms with Gasteiger partial charge in [-0.3, -0.25) is 4.79 Å². The largest absolute Gasteiger partial charge is 0.490 e. The zero-order valence-electron chi connectivity index (χ0n) is 15.0. The van der Waals surface area contributed by atoms with Crippen LogP contribution in [0.3, 0.4) is 0 Å². The SMILES string of the molecule is CCOc1cc(C#N)ccc1O[C@H](C)C(=O)N[C@@H](C)c1ccc(F)cc1. The van der Waals surface area contributed by atoms with E-state index in [-0.39, 0.29) is 17.8 Å². The third kappa shape index (κ3) is 4.96. The van der Waals surface area contributed by atoms with Gasteiger partial charge in [-0.05, 0) is 50.6 Å². The van der Waals surface area contributed by atoms with Crippen LogP contribution in [0.1, 0.15) is 37.9 Å². The van der Waals surface area contributed by atoms with Gasteiger partial charge in [-0.2, -0.15) is 5.26 Å². The summed E-state index contributed by atoms with van der Waals surface area (Å²) in [4.78, 5) is 12.4. The molecule has 0 bridgehead atoms. The Hall–Kier alpha value is -3.07. The lowest BCUT2D eigenvalue weighted by Crippen LogP contribution is -2.37. The fourth-order valence-electron chi connectivity index (χ4n) is 2.35. The summed E-state index contributed by atoms with van der Waals surface area (Å²) >= 11 is 0. The van der Waals surface area contributed by atoms with Crippen molar-refractivity contribution in [2.75, 3.05) is 6.61 Å². The molecule has 2 atom stereocenters. The molecule has 0 aliphatic heterocycles. The summed E-state index contributed by atoms with van der Waals surface area (Å²) < 4.78 is 24.2. The molecule has 0 saturated heterocycles. The average Bonchev–Trinajstić information content (AvgIpc) is 2.63. The second-order valence-corrected chi connectivity index (χ2v) is 5.75. The molecule has 0 radical (unpaired) electrons. The number of carbonyl (C=O) groups is 1. The minimum absolute atomic E-state index is 0.290. The zero-order valence-corrected chi connectivity index (χ0v) is 15.0. The lowest BCUT2D eigenvalue weighted by molar-refractivity contribution is -0.127. The van der Waals surface area contributed by atoms with E-state index in [1.165, 1.54) is 12.1 Å². The van der Waals surface area contributed by atoms with E-state index in [0.29, 0.717) is 23.7 Å². The highest BCUT2D eigenvalue weighted by molar-refractivity contribution is 5.81. The van der Waals surface area contributed by atoms with Gasteiger partial charge >= 0.3 is 0 Å². The second kappa shape index (κ2) is 8.86. The van der Waals surface area contributed by atoms with Crippen molar-refractivity contribution < 1.29 is 18.7 Å². The molecule has 6 heteroatoms. The van der Waals surface area contributed by atoms with Gasteiger partial charge in [-0.25, -0.2) is 4.39 Å². The lowest BCUT2D eigenvalue weighted by atomic mass is 10.1. The molecule has 2 aromatic rings. The molecular weight excluding hydrogens is 335 g/mol. The molecule has 0 aliphatic rings. The molecule has 1 amide bonds. The third-order valence-electron chi connectivity index (χ3n) is 3.77. The van der Waals surface area contributed by atoms with Crippen LogP contribution >= 0.6 is 0 Å². The Labute approximate surface area is 152 Å². The van der Waals surface area contributed by atoms with Crippen LogP contribution < -0.4 is 14.8 Å². The number of nitrogens with one attached hydrogen (secondary N) is 1. The summed E-state index contributed by atoms with van der Waals surface area (Å²) in [5.74, 6) is 0.169. The monoisotopic (exact) mass is 356 g/mol. The van der Waals surface area contributed by atoms with Gasteiger partial charge in [-0.1, -0.05) is 12.1 Å². The van der Waals surface area contributed by atoms with Crippen LogP contribution in [0.15, 0.2) is 42.5 Å². The molecule has 0 fully saturated rings. The molecule has 0 unspecified atom stereocenters. The summed E-state index contributed by atoms with van der Waals surface area (Å²) in [6.45, 7) is 5.67. The van der Waals surface area contributed by atoms with E-state index in [1.807, 2.05) is 19.9 Å². The predicted octanol–water partition coefficient (Wildman–Crippen LogP) is 3.74. The topological polar surface area (TPSA) is 71.3 Å². The summed E-state index contributed by atoms with van der Waals surface area (Å²) in [7, 11) is 0. The van der Waals surface area contributed by atoms with Gasteiger partial charge in [0.05, 0.1) is 24.3 Å². The Morgan fingerprint density at radius 2 is 1.88 bits per heavy atom. The fourth-order valence-corrected chi connectivity index (χ4v) is 2.35. The Balaban J connectivity index is 2.04. The van der Waals surface area contributed by atoms with Gasteiger partial charge < -0.3 is 14.8 Å². The van der Waals surface area contributed by atoms with Crippen LogP contribution in [0.4, 0.5) is 4.39 Å². The first-order valence-electron chi connectivity index (χ1n) is 8.34. The van der Waals surface area contributed by atoms with Gasteiger partial charge in [0.15, 0.2) is 17.6 Å². The summed E-state index contributed by atoms with van der Waals surface area (Å²) in [6, 6.07) is 12.5. The van der Waals surface area contributed by atoms with Gasteiger partial charge in [0.2, 0.25) is 0 Å². The Bertz CT molecular complexity index is 800. The van der Waals surface area contributed by atoms with Crippen LogP contribution in [0.5, 0.6) is 11.5 Å². The first kappa shape index (κ1) is 19.3. The first-order valence-corrected chi connectivity index (χ1v) is 8.34. The highest BCUT2D eigenvalue weighted by Crippen LogP contribution is 2.29. The molecular formula is C20H21FN2O3. The quantitative estimate of drug-likeness (QED) is 0.820. The number of nitrogens with zero attached hydrogens (tertiary/aromatic N) is 1. The molecule has 26 heavy (non-hydrogen) atoms. The summed E-state index contributed by atoms with van der Waals surface area (Å²) in [5, 5.41) is 11.8. The number of ether oxygens (including phenoxy) is 2. The van der Waals surface area contributed by atoms with Crippen LogP contribution in [-0.2, 0) is 4.79 Å². The van der Waals surface area contributed by atoms with Crippen molar-refractivity contribution >= 4 is 5.91 Å². The smallest absolute Gasteiger partial charge is 0.261 e. The number of amides is 1. The Morgan fingerprint density at radius 3 is 2.50 bits per heavy atom. The molecule has 0 spiro atoms. The van der Waals surface area contributed by atoms with E-state index in [9.17, 15) is 9.18 Å². The van der Waals surface area contributed by atoms with E-state index in [1.54, 1.807) is 37.3 Å². The fraction of sp³-hybridized carbons (Fsp3) is 0.300. The van der Waals surface area contributed by atoms with Crippen LogP contribution in [0.25, 0.3) is 0 Å². The van der Waals surface area contributed by atoms with Crippen molar-refractivity contribution in [3.8, 4) is 17.6 Å². The number of rotatable bonds is 7.